The Hall–Kier alpha value is -3.54. The summed E-state index contributed by atoms with van der Waals surface area (Å²) in [5, 5.41) is 5.96. The first-order chi connectivity index (χ1) is 13.7. The number of hydrogen-bond donors (Lipinski definition) is 2. The molecule has 0 aliphatic heterocycles. The van der Waals surface area contributed by atoms with Gasteiger partial charge in [-0.2, -0.15) is 0 Å². The van der Waals surface area contributed by atoms with Crippen LogP contribution in [0.1, 0.15) is 16.1 Å². The monoisotopic (exact) mass is 376 g/mol. The zero-order valence-corrected chi connectivity index (χ0v) is 15.4. The standard InChI is InChI=1S/C22H21FN4O/c1-2-13-24-20-15-19(26-21(27-20)17-6-4-3-5-7-17)22(28)25-14-12-16-8-10-18(23)11-9-16/h2-11,15H,1,12-14H2,(H,25,28)(H,24,26,27). The number of carbonyl (C=O) groups excluding carboxylic acids is 1. The van der Waals surface area contributed by atoms with Gasteiger partial charge in [-0.15, -0.1) is 6.58 Å². The molecule has 0 radical (unpaired) electrons. The van der Waals surface area contributed by atoms with Crippen molar-refractivity contribution in [3.8, 4) is 11.4 Å². The molecule has 3 aromatic rings. The molecule has 2 aromatic carbocycles. The summed E-state index contributed by atoms with van der Waals surface area (Å²) in [5.74, 6) is 0.459. The maximum atomic E-state index is 13.0. The van der Waals surface area contributed by atoms with Crippen molar-refractivity contribution in [1.29, 1.82) is 0 Å². The molecule has 0 aliphatic carbocycles. The van der Waals surface area contributed by atoms with Crippen LogP contribution in [0.2, 0.25) is 0 Å². The van der Waals surface area contributed by atoms with Gasteiger partial charge in [0.15, 0.2) is 5.82 Å². The quantitative estimate of drug-likeness (QED) is 0.586. The fourth-order valence-corrected chi connectivity index (χ4v) is 2.61. The van der Waals surface area contributed by atoms with Crippen LogP contribution in [0.15, 0.2) is 73.3 Å². The third-order valence-electron chi connectivity index (χ3n) is 4.03. The molecule has 0 spiro atoms. The topological polar surface area (TPSA) is 66.9 Å². The average molecular weight is 376 g/mol. The van der Waals surface area contributed by atoms with Crippen molar-refractivity contribution in [3.05, 3.63) is 90.4 Å². The van der Waals surface area contributed by atoms with Gasteiger partial charge in [-0.3, -0.25) is 4.79 Å². The summed E-state index contributed by atoms with van der Waals surface area (Å²) in [5.41, 5.74) is 2.05. The number of nitrogens with one attached hydrogen (secondary N) is 2. The number of amides is 1. The minimum Gasteiger partial charge on any atom is -0.366 e. The fraction of sp³-hybridized carbons (Fsp3) is 0.136. The van der Waals surface area contributed by atoms with Gasteiger partial charge >= 0.3 is 0 Å². The molecule has 0 aliphatic rings. The van der Waals surface area contributed by atoms with Crippen LogP contribution in [0.25, 0.3) is 11.4 Å². The second-order valence-electron chi connectivity index (χ2n) is 6.13. The molecule has 0 saturated carbocycles. The van der Waals surface area contributed by atoms with Gasteiger partial charge in [0.2, 0.25) is 0 Å². The lowest BCUT2D eigenvalue weighted by molar-refractivity contribution is 0.0949. The molecular formula is C22H21FN4O. The van der Waals surface area contributed by atoms with Crippen molar-refractivity contribution in [2.24, 2.45) is 0 Å². The molecule has 0 fully saturated rings. The van der Waals surface area contributed by atoms with Crippen LogP contribution >= 0.6 is 0 Å². The third-order valence-corrected chi connectivity index (χ3v) is 4.03. The number of nitrogens with zero attached hydrogens (tertiary/aromatic N) is 2. The molecule has 0 bridgehead atoms. The molecule has 6 heteroatoms. The summed E-state index contributed by atoms with van der Waals surface area (Å²) in [4.78, 5) is 21.5. The zero-order chi connectivity index (χ0) is 19.8. The van der Waals surface area contributed by atoms with Gasteiger partial charge in [0.25, 0.3) is 5.91 Å². The van der Waals surface area contributed by atoms with E-state index in [0.29, 0.717) is 31.2 Å². The largest absolute Gasteiger partial charge is 0.366 e. The van der Waals surface area contributed by atoms with Gasteiger partial charge in [0.05, 0.1) is 0 Å². The van der Waals surface area contributed by atoms with Crippen LogP contribution in [0.4, 0.5) is 10.2 Å². The maximum Gasteiger partial charge on any atom is 0.270 e. The number of carbonyl (C=O) groups is 1. The van der Waals surface area contributed by atoms with E-state index in [9.17, 15) is 9.18 Å². The van der Waals surface area contributed by atoms with E-state index in [4.69, 9.17) is 0 Å². The van der Waals surface area contributed by atoms with E-state index >= 15 is 0 Å². The third kappa shape index (κ3) is 5.23. The number of halogens is 1. The summed E-state index contributed by atoms with van der Waals surface area (Å²) in [6.07, 6.45) is 2.32. The minimum atomic E-state index is -0.289. The Kier molecular flexibility index (Phi) is 6.46. The predicted octanol–water partition coefficient (Wildman–Crippen LogP) is 3.85. The zero-order valence-electron chi connectivity index (χ0n) is 15.4. The van der Waals surface area contributed by atoms with Crippen molar-refractivity contribution < 1.29 is 9.18 Å². The first-order valence-electron chi connectivity index (χ1n) is 8.97. The van der Waals surface area contributed by atoms with Crippen LogP contribution < -0.4 is 10.6 Å². The van der Waals surface area contributed by atoms with Gasteiger partial charge in [0, 0.05) is 24.7 Å². The minimum absolute atomic E-state index is 0.276. The Morgan fingerprint density at radius 2 is 1.82 bits per heavy atom. The van der Waals surface area contributed by atoms with Crippen molar-refractivity contribution in [3.63, 3.8) is 0 Å². The predicted molar refractivity (Wildman–Crippen MR) is 109 cm³/mol. The lowest BCUT2D eigenvalue weighted by atomic mass is 10.1. The molecule has 1 aromatic heterocycles. The van der Waals surface area contributed by atoms with E-state index in [2.05, 4.69) is 27.2 Å². The van der Waals surface area contributed by atoms with Crippen molar-refractivity contribution >= 4 is 11.7 Å². The van der Waals surface area contributed by atoms with Crippen LogP contribution in [-0.4, -0.2) is 29.0 Å². The molecule has 28 heavy (non-hydrogen) atoms. The van der Waals surface area contributed by atoms with E-state index in [0.717, 1.165) is 11.1 Å². The lowest BCUT2D eigenvalue weighted by Gasteiger charge is -2.10. The van der Waals surface area contributed by atoms with E-state index in [-0.39, 0.29) is 17.4 Å². The lowest BCUT2D eigenvalue weighted by Crippen LogP contribution is -2.27. The average Bonchev–Trinajstić information content (AvgIpc) is 2.74. The highest BCUT2D eigenvalue weighted by atomic mass is 19.1. The number of rotatable bonds is 8. The molecule has 1 heterocycles. The Morgan fingerprint density at radius 3 is 2.54 bits per heavy atom. The van der Waals surface area contributed by atoms with E-state index in [1.54, 1.807) is 24.3 Å². The van der Waals surface area contributed by atoms with Crippen LogP contribution in [0.5, 0.6) is 0 Å². The first-order valence-corrected chi connectivity index (χ1v) is 8.97. The summed E-state index contributed by atoms with van der Waals surface area (Å²) in [6.45, 7) is 4.63. The van der Waals surface area contributed by atoms with E-state index in [1.165, 1.54) is 12.1 Å². The molecule has 0 unspecified atom stereocenters. The van der Waals surface area contributed by atoms with Crippen molar-refractivity contribution in [2.75, 3.05) is 18.4 Å². The highest BCUT2D eigenvalue weighted by Crippen LogP contribution is 2.18. The molecule has 1 amide bonds. The Bertz CT molecular complexity index is 943. The second kappa shape index (κ2) is 9.41. The molecule has 0 atom stereocenters. The summed E-state index contributed by atoms with van der Waals surface area (Å²) < 4.78 is 13.0. The van der Waals surface area contributed by atoms with Gasteiger partial charge in [-0.1, -0.05) is 48.5 Å². The highest BCUT2D eigenvalue weighted by molar-refractivity contribution is 5.93. The highest BCUT2D eigenvalue weighted by Gasteiger charge is 2.12. The SMILES string of the molecule is C=CCNc1cc(C(=O)NCCc2ccc(F)cc2)nc(-c2ccccc2)n1. The fourth-order valence-electron chi connectivity index (χ4n) is 2.61. The molecule has 142 valence electrons. The number of aromatic nitrogens is 2. The maximum absolute atomic E-state index is 13.0. The number of hydrogen-bond acceptors (Lipinski definition) is 4. The summed E-state index contributed by atoms with van der Waals surface area (Å²) >= 11 is 0. The normalized spacial score (nSPS) is 10.3. The van der Waals surface area contributed by atoms with Gasteiger partial charge in [-0.25, -0.2) is 14.4 Å². The van der Waals surface area contributed by atoms with E-state index in [1.807, 2.05) is 30.3 Å². The Morgan fingerprint density at radius 1 is 1.07 bits per heavy atom. The van der Waals surface area contributed by atoms with Crippen LogP contribution in [0.3, 0.4) is 0 Å². The smallest absolute Gasteiger partial charge is 0.270 e. The summed E-state index contributed by atoms with van der Waals surface area (Å²) in [6, 6.07) is 17.3. The van der Waals surface area contributed by atoms with Gasteiger partial charge < -0.3 is 10.6 Å². The molecule has 2 N–H and O–H groups in total. The molecule has 0 saturated heterocycles. The Balaban J connectivity index is 1.74. The number of anilines is 1. The van der Waals surface area contributed by atoms with E-state index < -0.39 is 0 Å². The van der Waals surface area contributed by atoms with Crippen molar-refractivity contribution in [2.45, 2.75) is 6.42 Å². The first kappa shape index (κ1) is 19.2. The van der Waals surface area contributed by atoms with Crippen LogP contribution in [0, 0.1) is 5.82 Å². The Labute approximate surface area is 163 Å². The summed E-state index contributed by atoms with van der Waals surface area (Å²) in [7, 11) is 0. The second-order valence-corrected chi connectivity index (χ2v) is 6.13. The van der Waals surface area contributed by atoms with Crippen molar-refractivity contribution in [1.82, 2.24) is 15.3 Å². The van der Waals surface area contributed by atoms with Gasteiger partial charge in [0.1, 0.15) is 17.3 Å². The molecular weight excluding hydrogens is 355 g/mol. The van der Waals surface area contributed by atoms with Crippen LogP contribution in [-0.2, 0) is 6.42 Å². The molecule has 3 rings (SSSR count). The van der Waals surface area contributed by atoms with Gasteiger partial charge in [-0.05, 0) is 24.1 Å². The molecule has 5 nitrogen and oxygen atoms in total. The number of benzene rings is 2.